The smallest absolute Gasteiger partial charge is 0.315 e. The number of benzene rings is 3. The van der Waals surface area contributed by atoms with Crippen molar-refractivity contribution in [2.24, 2.45) is 0 Å². The van der Waals surface area contributed by atoms with Gasteiger partial charge in [0.25, 0.3) is 0 Å². The van der Waals surface area contributed by atoms with Crippen LogP contribution >= 0.6 is 0 Å². The SMILES string of the molecule is Cc1ccc(CNC(=O)NC(Cc2ccccc2)Cc2ccc3c(c2)OCO3)cc1. The first-order chi connectivity index (χ1) is 14.7. The molecule has 3 aromatic rings. The van der Waals surface area contributed by atoms with Crippen molar-refractivity contribution in [3.05, 3.63) is 95.1 Å². The van der Waals surface area contributed by atoms with Gasteiger partial charge in [0.15, 0.2) is 11.5 Å². The van der Waals surface area contributed by atoms with Crippen LogP contribution < -0.4 is 20.1 Å². The van der Waals surface area contributed by atoms with Crippen molar-refractivity contribution in [1.82, 2.24) is 10.6 Å². The lowest BCUT2D eigenvalue weighted by molar-refractivity contribution is 0.174. The average Bonchev–Trinajstić information content (AvgIpc) is 3.22. The molecule has 2 amide bonds. The number of ether oxygens (including phenoxy) is 2. The Morgan fingerprint density at radius 3 is 2.37 bits per heavy atom. The largest absolute Gasteiger partial charge is 0.454 e. The van der Waals surface area contributed by atoms with Crippen molar-refractivity contribution in [2.75, 3.05) is 6.79 Å². The quantitative estimate of drug-likeness (QED) is 0.617. The highest BCUT2D eigenvalue weighted by Crippen LogP contribution is 2.32. The van der Waals surface area contributed by atoms with Gasteiger partial charge in [-0.05, 0) is 48.6 Å². The Bertz CT molecular complexity index is 987. The van der Waals surface area contributed by atoms with Gasteiger partial charge in [-0.1, -0.05) is 66.2 Å². The molecule has 3 aromatic carbocycles. The molecule has 4 rings (SSSR count). The van der Waals surface area contributed by atoms with E-state index in [9.17, 15) is 4.79 Å². The third-order valence-corrected chi connectivity index (χ3v) is 5.15. The fraction of sp³-hybridized carbons (Fsp3) is 0.240. The molecular weight excluding hydrogens is 376 g/mol. The van der Waals surface area contributed by atoms with Gasteiger partial charge in [-0.3, -0.25) is 0 Å². The van der Waals surface area contributed by atoms with Gasteiger partial charge in [0.2, 0.25) is 6.79 Å². The number of carbonyl (C=O) groups is 1. The number of nitrogens with one attached hydrogen (secondary N) is 2. The summed E-state index contributed by atoms with van der Waals surface area (Å²) >= 11 is 0. The molecule has 0 bridgehead atoms. The molecule has 1 aliphatic heterocycles. The van der Waals surface area contributed by atoms with Gasteiger partial charge in [0, 0.05) is 12.6 Å². The van der Waals surface area contributed by atoms with Gasteiger partial charge in [0.1, 0.15) is 0 Å². The van der Waals surface area contributed by atoms with Crippen LogP contribution in [0.3, 0.4) is 0 Å². The van der Waals surface area contributed by atoms with E-state index in [1.54, 1.807) is 0 Å². The monoisotopic (exact) mass is 402 g/mol. The van der Waals surface area contributed by atoms with Gasteiger partial charge in [-0.15, -0.1) is 0 Å². The van der Waals surface area contributed by atoms with Crippen molar-refractivity contribution >= 4 is 6.03 Å². The molecular formula is C25H26N2O3. The minimum atomic E-state index is -0.169. The summed E-state index contributed by atoms with van der Waals surface area (Å²) < 4.78 is 10.9. The Morgan fingerprint density at radius 1 is 0.867 bits per heavy atom. The van der Waals surface area contributed by atoms with Crippen LogP contribution in [-0.4, -0.2) is 18.9 Å². The number of rotatable bonds is 7. The van der Waals surface area contributed by atoms with Crippen LogP contribution in [0.1, 0.15) is 22.3 Å². The van der Waals surface area contributed by atoms with Crippen molar-refractivity contribution < 1.29 is 14.3 Å². The van der Waals surface area contributed by atoms with Crippen molar-refractivity contribution in [3.63, 3.8) is 0 Å². The van der Waals surface area contributed by atoms with E-state index in [2.05, 4.69) is 22.8 Å². The maximum Gasteiger partial charge on any atom is 0.315 e. The van der Waals surface area contributed by atoms with Crippen LogP contribution in [0.4, 0.5) is 4.79 Å². The Morgan fingerprint density at radius 2 is 1.57 bits per heavy atom. The normalized spacial score (nSPS) is 13.0. The number of hydrogen-bond donors (Lipinski definition) is 2. The van der Waals surface area contributed by atoms with E-state index in [4.69, 9.17) is 9.47 Å². The Balaban J connectivity index is 1.41. The van der Waals surface area contributed by atoms with E-state index < -0.39 is 0 Å². The summed E-state index contributed by atoms with van der Waals surface area (Å²) in [5.41, 5.74) is 4.56. The molecule has 0 radical (unpaired) electrons. The van der Waals surface area contributed by atoms with Gasteiger partial charge in [-0.25, -0.2) is 4.79 Å². The van der Waals surface area contributed by atoms with E-state index in [-0.39, 0.29) is 18.9 Å². The predicted octanol–water partition coefficient (Wildman–Crippen LogP) is 4.38. The number of aryl methyl sites for hydroxylation is 1. The first kappa shape index (κ1) is 19.8. The number of amides is 2. The van der Waals surface area contributed by atoms with Gasteiger partial charge in [0.05, 0.1) is 0 Å². The molecule has 1 unspecified atom stereocenters. The zero-order chi connectivity index (χ0) is 20.8. The van der Waals surface area contributed by atoms with Crippen LogP contribution in [0, 0.1) is 6.92 Å². The van der Waals surface area contributed by atoms with Crippen LogP contribution in [-0.2, 0) is 19.4 Å². The number of carbonyl (C=O) groups excluding carboxylic acids is 1. The lowest BCUT2D eigenvalue weighted by atomic mass is 9.98. The summed E-state index contributed by atoms with van der Waals surface area (Å²) in [6.45, 7) is 2.80. The molecule has 1 aliphatic rings. The molecule has 1 atom stereocenters. The molecule has 0 saturated carbocycles. The summed E-state index contributed by atoms with van der Waals surface area (Å²) in [7, 11) is 0. The zero-order valence-electron chi connectivity index (χ0n) is 17.1. The van der Waals surface area contributed by atoms with E-state index >= 15 is 0 Å². The third-order valence-electron chi connectivity index (χ3n) is 5.15. The highest BCUT2D eigenvalue weighted by molar-refractivity contribution is 5.74. The number of hydrogen-bond acceptors (Lipinski definition) is 3. The van der Waals surface area contributed by atoms with E-state index in [1.807, 2.05) is 67.6 Å². The van der Waals surface area contributed by atoms with Gasteiger partial charge < -0.3 is 20.1 Å². The van der Waals surface area contributed by atoms with E-state index in [0.29, 0.717) is 13.0 Å². The number of urea groups is 1. The minimum absolute atomic E-state index is 0.0502. The molecule has 0 aromatic heterocycles. The minimum Gasteiger partial charge on any atom is -0.454 e. The van der Waals surface area contributed by atoms with Crippen LogP contribution in [0.5, 0.6) is 11.5 Å². The van der Waals surface area contributed by atoms with Crippen LogP contribution in [0.25, 0.3) is 0 Å². The van der Waals surface area contributed by atoms with Crippen LogP contribution in [0.15, 0.2) is 72.8 Å². The summed E-state index contributed by atoms with van der Waals surface area (Å²) in [5.74, 6) is 1.52. The molecule has 0 spiro atoms. The van der Waals surface area contributed by atoms with Gasteiger partial charge in [-0.2, -0.15) is 0 Å². The highest BCUT2D eigenvalue weighted by Gasteiger charge is 2.17. The maximum atomic E-state index is 12.6. The molecule has 30 heavy (non-hydrogen) atoms. The molecule has 5 nitrogen and oxygen atoms in total. The molecule has 5 heteroatoms. The first-order valence-electron chi connectivity index (χ1n) is 10.2. The van der Waals surface area contributed by atoms with Crippen molar-refractivity contribution in [1.29, 1.82) is 0 Å². The molecule has 0 aliphatic carbocycles. The fourth-order valence-corrected chi connectivity index (χ4v) is 3.55. The Labute approximate surface area is 177 Å². The predicted molar refractivity (Wildman–Crippen MR) is 117 cm³/mol. The van der Waals surface area contributed by atoms with Crippen molar-refractivity contribution in [3.8, 4) is 11.5 Å². The summed E-state index contributed by atoms with van der Waals surface area (Å²) in [5, 5.41) is 6.11. The molecule has 0 saturated heterocycles. The summed E-state index contributed by atoms with van der Waals surface area (Å²) in [6, 6.07) is 24.1. The second kappa shape index (κ2) is 9.35. The summed E-state index contributed by atoms with van der Waals surface area (Å²) in [4.78, 5) is 12.6. The number of fused-ring (bicyclic) bond motifs is 1. The Kier molecular flexibility index (Phi) is 6.18. The lowest BCUT2D eigenvalue weighted by Gasteiger charge is -2.20. The van der Waals surface area contributed by atoms with Crippen molar-refractivity contribution in [2.45, 2.75) is 32.4 Å². The Hall–Kier alpha value is -3.47. The highest BCUT2D eigenvalue weighted by atomic mass is 16.7. The molecule has 2 N–H and O–H groups in total. The third kappa shape index (κ3) is 5.32. The molecule has 1 heterocycles. The second-order valence-corrected chi connectivity index (χ2v) is 7.59. The van der Waals surface area contributed by atoms with E-state index in [1.165, 1.54) is 11.1 Å². The van der Waals surface area contributed by atoms with Crippen LogP contribution in [0.2, 0.25) is 0 Å². The zero-order valence-corrected chi connectivity index (χ0v) is 17.1. The standard InChI is InChI=1S/C25H26N2O3/c1-18-7-9-20(10-8-18)16-26-25(28)27-22(13-19-5-3-2-4-6-19)14-21-11-12-23-24(15-21)30-17-29-23/h2-12,15,22H,13-14,16-17H2,1H3,(H2,26,27,28). The topological polar surface area (TPSA) is 59.6 Å². The molecule has 0 fully saturated rings. The van der Waals surface area contributed by atoms with E-state index in [0.717, 1.165) is 29.0 Å². The molecule has 154 valence electrons. The fourth-order valence-electron chi connectivity index (χ4n) is 3.55. The summed E-state index contributed by atoms with van der Waals surface area (Å²) in [6.07, 6.45) is 1.44. The second-order valence-electron chi connectivity index (χ2n) is 7.59. The van der Waals surface area contributed by atoms with Gasteiger partial charge >= 0.3 is 6.03 Å². The maximum absolute atomic E-state index is 12.6. The first-order valence-corrected chi connectivity index (χ1v) is 10.2. The average molecular weight is 402 g/mol. The lowest BCUT2D eigenvalue weighted by Crippen LogP contribution is -2.43.